The average molecular weight is 782 g/mol. The van der Waals surface area contributed by atoms with Gasteiger partial charge in [-0.3, -0.25) is 4.79 Å². The van der Waals surface area contributed by atoms with E-state index in [0.717, 1.165) is 11.1 Å². The molecule has 15 heteroatoms. The lowest BCUT2D eigenvalue weighted by atomic mass is 9.94. The van der Waals surface area contributed by atoms with E-state index in [2.05, 4.69) is 10.0 Å². The van der Waals surface area contributed by atoms with Crippen molar-refractivity contribution in [2.75, 3.05) is 13.7 Å². The number of carbonyl (C=O) groups excluding carboxylic acids is 3. The number of nitrogens with zero attached hydrogens (tertiary/aromatic N) is 3. The van der Waals surface area contributed by atoms with Gasteiger partial charge in [-0.2, -0.15) is 0 Å². The van der Waals surface area contributed by atoms with Crippen LogP contribution in [0.2, 0.25) is 0 Å². The molecule has 0 amide bonds. The molecular weight excluding hydrogens is 738 g/mol. The number of carbonyl (C=O) groups is 3. The van der Waals surface area contributed by atoms with Gasteiger partial charge in [0.2, 0.25) is 0 Å². The van der Waals surface area contributed by atoms with E-state index in [9.17, 15) is 25.0 Å². The number of aliphatic hydroxyl groups excluding tert-OH is 1. The summed E-state index contributed by atoms with van der Waals surface area (Å²) >= 11 is 0. The zero-order chi connectivity index (χ0) is 40.1. The van der Waals surface area contributed by atoms with Crippen molar-refractivity contribution in [2.45, 2.75) is 81.5 Å². The topological polar surface area (TPSA) is 194 Å². The second-order valence-electron chi connectivity index (χ2n) is 13.3. The van der Waals surface area contributed by atoms with Gasteiger partial charge >= 0.3 is 11.9 Å². The molecule has 2 aliphatic heterocycles. The summed E-state index contributed by atoms with van der Waals surface area (Å²) < 4.78 is 49.2. The lowest BCUT2D eigenvalue weighted by Gasteiger charge is -2.48. The van der Waals surface area contributed by atoms with Crippen LogP contribution in [-0.4, -0.2) is 97.9 Å². The van der Waals surface area contributed by atoms with Gasteiger partial charge in [0.25, 0.3) is 0 Å². The Hall–Kier alpha value is -5.48. The van der Waals surface area contributed by atoms with Crippen molar-refractivity contribution in [1.82, 2.24) is 0 Å². The van der Waals surface area contributed by atoms with Crippen molar-refractivity contribution >= 4 is 17.7 Å². The fourth-order valence-corrected chi connectivity index (χ4v) is 6.61. The Morgan fingerprint density at radius 2 is 1.23 bits per heavy atom. The Kier molecular flexibility index (Phi) is 14.5. The third-order valence-electron chi connectivity index (χ3n) is 9.45. The molecule has 0 radical (unpaired) electrons. The van der Waals surface area contributed by atoms with E-state index >= 15 is 0 Å². The summed E-state index contributed by atoms with van der Waals surface area (Å²) in [5, 5.41) is 15.6. The highest BCUT2D eigenvalue weighted by Crippen LogP contribution is 2.35. The van der Waals surface area contributed by atoms with Crippen molar-refractivity contribution in [2.24, 2.45) is 5.11 Å². The Labute approximate surface area is 328 Å². The zero-order valence-electron chi connectivity index (χ0n) is 31.2. The van der Waals surface area contributed by atoms with Crippen LogP contribution in [0.4, 0.5) is 0 Å². The van der Waals surface area contributed by atoms with Crippen LogP contribution < -0.4 is 0 Å². The molecule has 15 nitrogen and oxygen atoms in total. The highest BCUT2D eigenvalue weighted by atomic mass is 16.8. The number of hydrogen-bond donors (Lipinski definition) is 1. The number of esters is 2. The molecule has 0 aliphatic carbocycles. The van der Waals surface area contributed by atoms with Crippen LogP contribution in [0.1, 0.15) is 38.8 Å². The second kappa shape index (κ2) is 20.1. The molecule has 57 heavy (non-hydrogen) atoms. The minimum atomic E-state index is -1.63. The normalized spacial score (nSPS) is 27.1. The van der Waals surface area contributed by atoms with Crippen LogP contribution in [-0.2, 0) is 55.9 Å². The lowest BCUT2D eigenvalue weighted by Crippen LogP contribution is -2.66. The molecule has 298 valence electrons. The number of hydrogen-bond acceptors (Lipinski definition) is 13. The van der Waals surface area contributed by atoms with Crippen molar-refractivity contribution < 1.29 is 57.4 Å². The van der Waals surface area contributed by atoms with Gasteiger partial charge in [-0.05, 0) is 47.8 Å². The molecule has 2 saturated heterocycles. The first-order valence-electron chi connectivity index (χ1n) is 18.3. The van der Waals surface area contributed by atoms with Crippen LogP contribution >= 0.6 is 0 Å². The SMILES string of the molecule is CO[C@H]1OC(COC(=O)c2ccccc2)[C@@H](O[C@@H]2OC(C(C)=O)[C@@H](O)[C@@H](OCc3ccccc3)C2OC(=O)c2ccccc2)C(OCc2ccccc2)[C@@H]1N=[N+]=[N-]. The van der Waals surface area contributed by atoms with E-state index in [1.54, 1.807) is 60.7 Å². The Morgan fingerprint density at radius 1 is 0.702 bits per heavy atom. The van der Waals surface area contributed by atoms with E-state index in [1.807, 2.05) is 60.7 Å². The van der Waals surface area contributed by atoms with Gasteiger partial charge in [0.15, 0.2) is 24.5 Å². The Morgan fingerprint density at radius 3 is 1.75 bits per heavy atom. The molecule has 2 fully saturated rings. The van der Waals surface area contributed by atoms with Crippen molar-refractivity contribution in [3.8, 4) is 0 Å². The number of ether oxygens (including phenoxy) is 8. The predicted octanol–water partition coefficient (Wildman–Crippen LogP) is 5.35. The molecule has 4 unspecified atom stereocenters. The number of Topliss-reactive ketones (excluding diaryl/α,β-unsaturated/α-hetero) is 1. The molecule has 0 bridgehead atoms. The molecule has 1 N–H and O–H groups in total. The fraction of sp³-hybridized carbons (Fsp3) is 0.357. The first-order valence-corrected chi connectivity index (χ1v) is 18.3. The standard InChI is InChI=1S/C42H43N3O12/c1-26(46)34-33(47)37(52-24-28-17-9-4-10-18-28)38(55-40(49)30-21-13-6-14-22-30)42(56-34)57-35-31(25-53-39(48)29-19-11-5-12-20-29)54-41(50-2)32(44-45-43)36(35)51-23-27-15-7-3-8-16-27/h3-22,31-38,41-42,47H,23-25H2,1-2H3/t31?,32-,33+,34?,35+,36?,37+,38?,41-,42-/m0/s1. The van der Waals surface area contributed by atoms with E-state index in [0.29, 0.717) is 0 Å². The maximum Gasteiger partial charge on any atom is 0.338 e. The molecule has 6 rings (SSSR count). The molecule has 2 heterocycles. The maximum atomic E-state index is 13.7. The van der Waals surface area contributed by atoms with Crippen LogP contribution in [0.5, 0.6) is 0 Å². The van der Waals surface area contributed by atoms with Crippen molar-refractivity contribution in [3.63, 3.8) is 0 Å². The smallest absolute Gasteiger partial charge is 0.338 e. The summed E-state index contributed by atoms with van der Waals surface area (Å²) in [6.07, 6.45) is -12.5. The number of aliphatic hydroxyl groups is 1. The summed E-state index contributed by atoms with van der Waals surface area (Å²) in [5.41, 5.74) is 11.7. The molecule has 10 atom stereocenters. The van der Waals surface area contributed by atoms with Crippen LogP contribution in [0.25, 0.3) is 10.4 Å². The number of methoxy groups -OCH3 is 1. The number of azide groups is 1. The fourth-order valence-electron chi connectivity index (χ4n) is 6.61. The summed E-state index contributed by atoms with van der Waals surface area (Å²) in [7, 11) is 1.35. The van der Waals surface area contributed by atoms with E-state index < -0.39 is 85.7 Å². The summed E-state index contributed by atoms with van der Waals surface area (Å²) in [5.74, 6) is -2.02. The highest BCUT2D eigenvalue weighted by Gasteiger charge is 2.55. The first-order chi connectivity index (χ1) is 27.8. The zero-order valence-corrected chi connectivity index (χ0v) is 31.2. The Balaban J connectivity index is 1.39. The number of benzene rings is 4. The Bertz CT molecular complexity index is 1950. The third kappa shape index (κ3) is 10.5. The highest BCUT2D eigenvalue weighted by molar-refractivity contribution is 5.90. The summed E-state index contributed by atoms with van der Waals surface area (Å²) in [4.78, 5) is 43.0. The monoisotopic (exact) mass is 781 g/mol. The van der Waals surface area contributed by atoms with Crippen LogP contribution in [0.15, 0.2) is 126 Å². The second-order valence-corrected chi connectivity index (χ2v) is 13.3. The first kappa shape index (κ1) is 41.2. The van der Waals surface area contributed by atoms with Gasteiger partial charge in [0, 0.05) is 12.0 Å². The van der Waals surface area contributed by atoms with Crippen LogP contribution in [0.3, 0.4) is 0 Å². The third-order valence-corrected chi connectivity index (χ3v) is 9.45. The largest absolute Gasteiger partial charge is 0.459 e. The van der Waals surface area contributed by atoms with Gasteiger partial charge in [-0.1, -0.05) is 102 Å². The van der Waals surface area contributed by atoms with Gasteiger partial charge < -0.3 is 43.0 Å². The van der Waals surface area contributed by atoms with Crippen molar-refractivity contribution in [1.29, 1.82) is 0 Å². The minimum absolute atomic E-state index is 0.00527. The van der Waals surface area contributed by atoms with Crippen LogP contribution in [0, 0.1) is 0 Å². The van der Waals surface area contributed by atoms with Crippen molar-refractivity contribution in [3.05, 3.63) is 154 Å². The molecule has 0 saturated carbocycles. The average Bonchev–Trinajstić information content (AvgIpc) is 3.24. The molecular formula is C42H43N3O12. The molecule has 4 aromatic rings. The minimum Gasteiger partial charge on any atom is -0.459 e. The maximum absolute atomic E-state index is 13.7. The number of rotatable bonds is 16. The lowest BCUT2D eigenvalue weighted by molar-refractivity contribution is -0.345. The van der Waals surface area contributed by atoms with Gasteiger partial charge in [0.1, 0.15) is 49.3 Å². The summed E-state index contributed by atoms with van der Waals surface area (Å²) in [6, 6.07) is 33.5. The predicted molar refractivity (Wildman–Crippen MR) is 201 cm³/mol. The molecule has 2 aliphatic rings. The van der Waals surface area contributed by atoms with Gasteiger partial charge in [-0.15, -0.1) is 0 Å². The quantitative estimate of drug-likeness (QED) is 0.0664. The van der Waals surface area contributed by atoms with E-state index in [1.165, 1.54) is 14.0 Å². The van der Waals surface area contributed by atoms with E-state index in [4.69, 9.17) is 37.9 Å². The molecule has 0 spiro atoms. The van der Waals surface area contributed by atoms with E-state index in [-0.39, 0.29) is 24.3 Å². The van der Waals surface area contributed by atoms with Gasteiger partial charge in [-0.25, -0.2) is 9.59 Å². The van der Waals surface area contributed by atoms with Gasteiger partial charge in [0.05, 0.1) is 24.3 Å². The molecule has 4 aromatic carbocycles. The summed E-state index contributed by atoms with van der Waals surface area (Å²) in [6.45, 7) is 0.782. The number of ketones is 1. The molecule has 0 aromatic heterocycles.